The molecule has 1 N–H and O–H groups in total. The van der Waals surface area contributed by atoms with Crippen LogP contribution >= 0.6 is 15.9 Å². The minimum atomic E-state index is -3.69. The van der Waals surface area contributed by atoms with Crippen molar-refractivity contribution >= 4 is 31.7 Å². The van der Waals surface area contributed by atoms with Gasteiger partial charge in [0.05, 0.1) is 10.5 Å². The first-order valence-electron chi connectivity index (χ1n) is 5.40. The topological polar surface area (TPSA) is 102 Å². The van der Waals surface area contributed by atoms with Crippen LogP contribution < -0.4 is 0 Å². The molecule has 0 aliphatic carbocycles. The van der Waals surface area contributed by atoms with E-state index in [2.05, 4.69) is 26.0 Å². The number of benzene rings is 1. The molecule has 0 aliphatic heterocycles. The van der Waals surface area contributed by atoms with Gasteiger partial charge in [-0.25, -0.2) is 18.2 Å². The van der Waals surface area contributed by atoms with Crippen molar-refractivity contribution < 1.29 is 18.3 Å². The van der Waals surface area contributed by atoms with Crippen LogP contribution in [0, 0.1) is 0 Å². The molecule has 0 saturated carbocycles. The number of aryl methyl sites for hydroxylation is 1. The fraction of sp³-hybridized carbons (Fsp3) is 0.182. The molecule has 20 heavy (non-hydrogen) atoms. The number of hydrogen-bond donors (Lipinski definition) is 1. The highest BCUT2D eigenvalue weighted by Gasteiger charge is 2.21. The molecule has 0 fully saturated rings. The van der Waals surface area contributed by atoms with Gasteiger partial charge in [0.1, 0.15) is 17.9 Å². The van der Waals surface area contributed by atoms with Crippen molar-refractivity contribution in [3.05, 3.63) is 40.4 Å². The number of aromatic nitrogens is 3. The zero-order valence-corrected chi connectivity index (χ0v) is 12.7. The molecule has 7 nitrogen and oxygen atoms in total. The van der Waals surface area contributed by atoms with Crippen LogP contribution in [-0.4, -0.2) is 34.3 Å². The van der Waals surface area contributed by atoms with Crippen molar-refractivity contribution in [1.82, 2.24) is 14.8 Å². The van der Waals surface area contributed by atoms with E-state index in [4.69, 9.17) is 5.11 Å². The third-order valence-corrected chi connectivity index (χ3v) is 4.95. The van der Waals surface area contributed by atoms with E-state index >= 15 is 0 Å². The summed E-state index contributed by atoms with van der Waals surface area (Å²) in [5.74, 6) is -1.26. The second-order valence-electron chi connectivity index (χ2n) is 4.01. The smallest absolute Gasteiger partial charge is 0.336 e. The van der Waals surface area contributed by atoms with Crippen LogP contribution in [0.25, 0.3) is 0 Å². The molecule has 0 spiro atoms. The predicted molar refractivity (Wildman–Crippen MR) is 73.0 cm³/mol. The van der Waals surface area contributed by atoms with Crippen LogP contribution in [0.3, 0.4) is 0 Å². The lowest BCUT2D eigenvalue weighted by Gasteiger charge is -2.06. The minimum absolute atomic E-state index is 0.0684. The van der Waals surface area contributed by atoms with E-state index in [0.717, 1.165) is 6.07 Å². The third-order valence-electron chi connectivity index (χ3n) is 2.65. The van der Waals surface area contributed by atoms with Gasteiger partial charge in [-0.1, -0.05) is 0 Å². The number of carboxylic acids is 1. The molecule has 2 aromatic rings. The lowest BCUT2D eigenvalue weighted by atomic mass is 10.2. The molecule has 1 aromatic carbocycles. The Hall–Kier alpha value is -1.74. The zero-order valence-electron chi connectivity index (χ0n) is 10.3. The number of nitrogens with zero attached hydrogens (tertiary/aromatic N) is 3. The van der Waals surface area contributed by atoms with Crippen LogP contribution in [0.1, 0.15) is 16.2 Å². The maximum absolute atomic E-state index is 12.2. The normalized spacial score (nSPS) is 11.5. The number of carboxylic acid groups (broad SMARTS) is 1. The highest BCUT2D eigenvalue weighted by atomic mass is 79.9. The number of aromatic carboxylic acids is 1. The van der Waals surface area contributed by atoms with Gasteiger partial charge in [-0.05, 0) is 34.1 Å². The summed E-state index contributed by atoms with van der Waals surface area (Å²) in [5.41, 5.74) is -0.107. The van der Waals surface area contributed by atoms with Crippen molar-refractivity contribution in [1.29, 1.82) is 0 Å². The summed E-state index contributed by atoms with van der Waals surface area (Å²) in [6.45, 7) is 0. The Kier molecular flexibility index (Phi) is 3.91. The molecule has 0 saturated heterocycles. The van der Waals surface area contributed by atoms with Gasteiger partial charge in [0, 0.05) is 11.5 Å². The molecule has 0 unspecified atom stereocenters. The molecule has 2 rings (SSSR count). The molecule has 1 aromatic heterocycles. The Morgan fingerprint density at radius 1 is 1.45 bits per heavy atom. The van der Waals surface area contributed by atoms with Crippen LogP contribution in [0.5, 0.6) is 0 Å². The third kappa shape index (κ3) is 2.88. The van der Waals surface area contributed by atoms with E-state index in [9.17, 15) is 13.2 Å². The average Bonchev–Trinajstić information content (AvgIpc) is 2.74. The largest absolute Gasteiger partial charge is 0.478 e. The van der Waals surface area contributed by atoms with E-state index in [1.165, 1.54) is 23.1 Å². The molecule has 0 bridgehead atoms. The fourth-order valence-electron chi connectivity index (χ4n) is 1.57. The second kappa shape index (κ2) is 5.33. The molecule has 0 aliphatic rings. The summed E-state index contributed by atoms with van der Waals surface area (Å²) in [6.07, 6.45) is 1.26. The van der Waals surface area contributed by atoms with Gasteiger partial charge in [0.2, 0.25) is 0 Å². The van der Waals surface area contributed by atoms with E-state index in [1.807, 2.05) is 0 Å². The summed E-state index contributed by atoms with van der Waals surface area (Å²) in [7, 11) is -2.10. The number of halogens is 1. The summed E-state index contributed by atoms with van der Waals surface area (Å²) < 4.78 is 26.2. The van der Waals surface area contributed by atoms with E-state index in [-0.39, 0.29) is 22.0 Å². The van der Waals surface area contributed by atoms with Gasteiger partial charge in [-0.15, -0.1) is 0 Å². The summed E-state index contributed by atoms with van der Waals surface area (Å²) >= 11 is 3.07. The Balaban J connectivity index is 2.42. The molecule has 0 radical (unpaired) electrons. The van der Waals surface area contributed by atoms with Crippen LogP contribution in [-0.2, 0) is 22.6 Å². The molecule has 106 valence electrons. The lowest BCUT2D eigenvalue weighted by Crippen LogP contribution is -2.11. The average molecular weight is 360 g/mol. The van der Waals surface area contributed by atoms with E-state index < -0.39 is 15.8 Å². The van der Waals surface area contributed by atoms with Crippen molar-refractivity contribution in [2.75, 3.05) is 0 Å². The first kappa shape index (κ1) is 14.7. The first-order chi connectivity index (χ1) is 9.31. The second-order valence-corrected chi connectivity index (χ2v) is 6.85. The van der Waals surface area contributed by atoms with E-state index in [0.29, 0.717) is 4.47 Å². The van der Waals surface area contributed by atoms with Crippen molar-refractivity contribution in [2.45, 2.75) is 10.6 Å². The zero-order chi connectivity index (χ0) is 14.9. The van der Waals surface area contributed by atoms with E-state index in [1.54, 1.807) is 7.05 Å². The molecular formula is C11H10BrN3O4S. The summed E-state index contributed by atoms with van der Waals surface area (Å²) in [5, 5.41) is 12.8. The Bertz CT molecular complexity index is 770. The van der Waals surface area contributed by atoms with Gasteiger partial charge < -0.3 is 5.11 Å². The molecular weight excluding hydrogens is 350 g/mol. The number of rotatable bonds is 4. The minimum Gasteiger partial charge on any atom is -0.478 e. The first-order valence-corrected chi connectivity index (χ1v) is 7.84. The molecule has 0 amide bonds. The Morgan fingerprint density at radius 3 is 2.70 bits per heavy atom. The highest BCUT2D eigenvalue weighted by Crippen LogP contribution is 2.23. The Labute approximate surface area is 123 Å². The molecule has 9 heteroatoms. The van der Waals surface area contributed by atoms with Crippen LogP contribution in [0.4, 0.5) is 0 Å². The maximum Gasteiger partial charge on any atom is 0.336 e. The maximum atomic E-state index is 12.2. The quantitative estimate of drug-likeness (QED) is 0.881. The number of carbonyl (C=O) groups is 1. The van der Waals surface area contributed by atoms with Gasteiger partial charge in [0.25, 0.3) is 0 Å². The number of hydrogen-bond acceptors (Lipinski definition) is 5. The van der Waals surface area contributed by atoms with Gasteiger partial charge in [-0.2, -0.15) is 5.10 Å². The monoisotopic (exact) mass is 359 g/mol. The fourth-order valence-corrected chi connectivity index (χ4v) is 3.32. The standard InChI is InChI=1S/C11H10BrN3O4S/c1-15-10(13-6-14-15)5-20(18,19)7-2-3-9(12)8(4-7)11(16)17/h2-4,6H,5H2,1H3,(H,16,17). The van der Waals surface area contributed by atoms with Crippen LogP contribution in [0.15, 0.2) is 33.9 Å². The highest BCUT2D eigenvalue weighted by molar-refractivity contribution is 9.10. The summed E-state index contributed by atoms with van der Waals surface area (Å²) in [4.78, 5) is 14.8. The van der Waals surface area contributed by atoms with Crippen molar-refractivity contribution in [2.24, 2.45) is 7.05 Å². The van der Waals surface area contributed by atoms with Crippen molar-refractivity contribution in [3.63, 3.8) is 0 Å². The van der Waals surface area contributed by atoms with Gasteiger partial charge >= 0.3 is 5.97 Å². The van der Waals surface area contributed by atoms with Crippen LogP contribution in [0.2, 0.25) is 0 Å². The molecule has 1 heterocycles. The van der Waals surface area contributed by atoms with Gasteiger partial charge in [0.15, 0.2) is 9.84 Å². The SMILES string of the molecule is Cn1ncnc1CS(=O)(=O)c1ccc(Br)c(C(=O)O)c1. The molecule has 0 atom stereocenters. The predicted octanol–water partition coefficient (Wildman–Crippen LogP) is 1.25. The number of sulfone groups is 1. The van der Waals surface area contributed by atoms with Gasteiger partial charge in [-0.3, -0.25) is 4.68 Å². The lowest BCUT2D eigenvalue weighted by molar-refractivity contribution is 0.0695. The summed E-state index contributed by atoms with van der Waals surface area (Å²) in [6, 6.07) is 3.87. The van der Waals surface area contributed by atoms with Crippen molar-refractivity contribution in [3.8, 4) is 0 Å². The Morgan fingerprint density at radius 2 is 2.15 bits per heavy atom.